The van der Waals surface area contributed by atoms with Crippen LogP contribution in [0.5, 0.6) is 0 Å². The molecule has 0 amide bonds. The van der Waals surface area contributed by atoms with Crippen LogP contribution >= 0.6 is 46.4 Å². The number of aromatic nitrogens is 6. The zero-order valence-corrected chi connectivity index (χ0v) is 41.1. The molecular weight excluding hydrogens is 979 g/mol. The van der Waals surface area contributed by atoms with E-state index in [1.807, 2.05) is 99.8 Å². The number of H-pyrrole nitrogens is 2. The first-order valence-corrected chi connectivity index (χ1v) is 25.9. The number of pyridine rings is 4. The molecule has 1 aliphatic heterocycles. The highest BCUT2D eigenvalue weighted by Crippen LogP contribution is 2.45. The summed E-state index contributed by atoms with van der Waals surface area (Å²) in [6.07, 6.45) is 17.8. The second kappa shape index (κ2) is 21.7. The average molecular weight is 1030 g/mol. The quantitative estimate of drug-likeness (QED) is 0.0771. The molecule has 7 aromatic rings. The van der Waals surface area contributed by atoms with Crippen LogP contribution in [-0.2, 0) is 33.3 Å². The predicted molar refractivity (Wildman–Crippen MR) is 258 cm³/mol. The molecule has 67 heavy (non-hydrogen) atoms. The van der Waals surface area contributed by atoms with E-state index in [-0.39, 0.29) is 25.9 Å². The molecule has 0 atom stereocenters. The van der Waals surface area contributed by atoms with Crippen LogP contribution in [0.15, 0.2) is 140 Å². The van der Waals surface area contributed by atoms with Crippen molar-refractivity contribution in [2.45, 2.75) is 39.8 Å². The molecule has 0 bridgehead atoms. The Bertz CT molecular complexity index is 3080. The minimum atomic E-state index is -4.40. The van der Waals surface area contributed by atoms with Crippen LogP contribution in [-0.4, -0.2) is 55.1 Å². The molecule has 0 unspecified atom stereocenters. The number of halogens is 4. The first kappa shape index (κ1) is 49.5. The van der Waals surface area contributed by atoms with E-state index in [9.17, 15) is 25.9 Å². The van der Waals surface area contributed by atoms with Gasteiger partial charge in [0.2, 0.25) is 0 Å². The lowest BCUT2D eigenvalue weighted by atomic mass is 10.1. The Morgan fingerprint density at radius 3 is 1.64 bits per heavy atom. The molecule has 348 valence electrons. The second-order valence-corrected chi connectivity index (χ2v) is 19.9. The van der Waals surface area contributed by atoms with E-state index in [2.05, 4.69) is 68.2 Å². The molecular formula is C47H47Cl4N8O6S2+3. The van der Waals surface area contributed by atoms with Crippen molar-refractivity contribution in [2.24, 2.45) is 0 Å². The van der Waals surface area contributed by atoms with Crippen molar-refractivity contribution in [2.75, 3.05) is 34.4 Å². The molecule has 0 saturated heterocycles. The van der Waals surface area contributed by atoms with Crippen molar-refractivity contribution in [1.82, 2.24) is 4.57 Å². The third kappa shape index (κ3) is 12.2. The molecule has 6 heterocycles. The van der Waals surface area contributed by atoms with Gasteiger partial charge < -0.3 is 18.9 Å². The molecule has 0 spiro atoms. The number of hydrogen-bond acceptors (Lipinski definition) is 8. The predicted octanol–water partition coefficient (Wildman–Crippen LogP) is 7.17. The molecule has 0 saturated carbocycles. The number of rotatable bonds is 15. The van der Waals surface area contributed by atoms with Crippen LogP contribution in [0.4, 0.5) is 11.4 Å². The number of benzene rings is 2. The first-order chi connectivity index (χ1) is 32.0. The van der Waals surface area contributed by atoms with E-state index >= 15 is 0 Å². The minimum Gasteiger partial charge on any atom is -0.748 e. The number of anilines is 2. The maximum absolute atomic E-state index is 11.3. The standard InChI is InChI=1S/C27H30Cl4N4O6S2.C20H16N4/c1-3-32-22-14-18(28)20(30)16-24(22)34(10-6-12-42(36,37)38)26(32)8-5-9-27-33(4-2)23-15-19(29)21(31)17-25(23)35(27)11-7-13-43(39,40)41;1-3-11-21-19(5-1)23-13-7-17(8-14-23)18-9-15-24(16-10-18)20-6-2-4-12-22-20/h5,8-9,14-17H,3-4,6-7,10-13H2,1-2H3,(H-,36,37,38,39,40,41);1-16H/q;+2/p+1. The third-order valence-corrected chi connectivity index (χ3v) is 13.9. The monoisotopic (exact) mass is 1020 g/mol. The van der Waals surface area contributed by atoms with Crippen molar-refractivity contribution < 1.29 is 49.6 Å². The van der Waals surface area contributed by atoms with Crippen LogP contribution in [0.25, 0.3) is 39.9 Å². The van der Waals surface area contributed by atoms with Gasteiger partial charge in [-0.2, -0.15) is 9.97 Å². The zero-order valence-electron chi connectivity index (χ0n) is 36.4. The third-order valence-electron chi connectivity index (χ3n) is 10.9. The number of fused-ring (bicyclic) bond motifs is 2. The fraction of sp³-hybridized carbons (Fsp3) is 0.213. The summed E-state index contributed by atoms with van der Waals surface area (Å²) in [7, 11) is -8.80. The Kier molecular flexibility index (Phi) is 16.0. The van der Waals surface area contributed by atoms with Crippen molar-refractivity contribution in [3.63, 3.8) is 0 Å². The fourth-order valence-corrected chi connectivity index (χ4v) is 9.46. The number of nitrogens with zero attached hydrogens (tertiary/aromatic N) is 6. The normalized spacial score (nSPS) is 13.4. The van der Waals surface area contributed by atoms with Gasteiger partial charge in [0, 0.05) is 79.2 Å². The summed E-state index contributed by atoms with van der Waals surface area (Å²) in [5.74, 6) is 2.46. The summed E-state index contributed by atoms with van der Waals surface area (Å²) in [6, 6.07) is 27.4. The molecule has 8 rings (SSSR count). The average Bonchev–Trinajstić information content (AvgIpc) is 3.75. The zero-order chi connectivity index (χ0) is 47.9. The Labute approximate surface area is 409 Å². The topological polar surface area (TPSA) is 166 Å². The van der Waals surface area contributed by atoms with Crippen LogP contribution < -0.4 is 33.5 Å². The van der Waals surface area contributed by atoms with Crippen molar-refractivity contribution in [3.05, 3.63) is 166 Å². The van der Waals surface area contributed by atoms with E-state index in [1.54, 1.807) is 24.3 Å². The van der Waals surface area contributed by atoms with Gasteiger partial charge in [-0.05, 0) is 68.2 Å². The Balaban J connectivity index is 0.000000232. The van der Waals surface area contributed by atoms with Crippen LogP contribution in [0.1, 0.15) is 32.5 Å². The van der Waals surface area contributed by atoms with Gasteiger partial charge in [-0.1, -0.05) is 52.5 Å². The molecule has 0 fully saturated rings. The molecule has 14 nitrogen and oxygen atoms in total. The van der Waals surface area contributed by atoms with Gasteiger partial charge in [-0.15, -0.1) is 9.13 Å². The highest BCUT2D eigenvalue weighted by molar-refractivity contribution is 7.85. The Morgan fingerprint density at radius 2 is 1.15 bits per heavy atom. The molecule has 2 aromatic carbocycles. The van der Waals surface area contributed by atoms with Gasteiger partial charge in [0.25, 0.3) is 5.82 Å². The van der Waals surface area contributed by atoms with Crippen LogP contribution in [0.2, 0.25) is 20.1 Å². The van der Waals surface area contributed by atoms with E-state index in [1.165, 1.54) is 11.1 Å². The largest absolute Gasteiger partial charge is 0.748 e. The molecule has 0 aliphatic carbocycles. The maximum atomic E-state index is 11.3. The van der Waals surface area contributed by atoms with Gasteiger partial charge >= 0.3 is 11.6 Å². The van der Waals surface area contributed by atoms with Gasteiger partial charge in [0.05, 0.1) is 76.9 Å². The minimum absolute atomic E-state index is 0.0956. The lowest BCUT2D eigenvalue weighted by Gasteiger charge is -2.24. The lowest BCUT2D eigenvalue weighted by molar-refractivity contribution is -0.674. The summed E-state index contributed by atoms with van der Waals surface area (Å²) in [6.45, 7) is 5.48. The number of aryl methyl sites for hydroxylation is 2. The van der Waals surface area contributed by atoms with Crippen LogP contribution in [0, 0.1) is 0 Å². The number of aromatic amines is 2. The second-order valence-electron chi connectivity index (χ2n) is 15.3. The van der Waals surface area contributed by atoms with E-state index < -0.39 is 31.7 Å². The van der Waals surface area contributed by atoms with E-state index in [4.69, 9.17) is 46.4 Å². The summed E-state index contributed by atoms with van der Waals surface area (Å²) < 4.78 is 75.8. The number of allylic oxidation sites excluding steroid dienone is 2. The molecule has 2 N–H and O–H groups in total. The maximum Gasteiger partial charge on any atom is 0.447 e. The van der Waals surface area contributed by atoms with Gasteiger partial charge in [0.15, 0.2) is 48.2 Å². The summed E-state index contributed by atoms with van der Waals surface area (Å²) >= 11 is 25.3. The number of imidazole rings is 1. The molecule has 5 aromatic heterocycles. The Morgan fingerprint density at radius 1 is 0.642 bits per heavy atom. The Hall–Kier alpha value is -5.43. The number of hydrogen-bond donors (Lipinski definition) is 0. The molecule has 0 radical (unpaired) electrons. The highest BCUT2D eigenvalue weighted by Gasteiger charge is 2.31. The summed E-state index contributed by atoms with van der Waals surface area (Å²) in [5, 5.41) is 1.40. The SMILES string of the molecule is CCN1C(=CC=Cc2n(CC)c3cc(Cl)c(Cl)cc3[n+]2CCCS(=O)(=O)[O-])N(CCCS(=O)(=O)[O-])c2cc(Cl)c(Cl)cc21.c1ccc(-[n+]2ccc(-c3cc[n+](-c4cccc[nH+]4)cc3)cc2)[nH+]c1. The van der Waals surface area contributed by atoms with Gasteiger partial charge in [-0.3, -0.25) is 0 Å². The summed E-state index contributed by atoms with van der Waals surface area (Å²) in [5.41, 5.74) is 5.38. The van der Waals surface area contributed by atoms with Crippen molar-refractivity contribution >= 4 is 95.1 Å². The number of nitrogens with one attached hydrogen (secondary N) is 2. The highest BCUT2D eigenvalue weighted by atomic mass is 35.5. The van der Waals surface area contributed by atoms with Gasteiger partial charge in [0.1, 0.15) is 5.82 Å². The van der Waals surface area contributed by atoms with E-state index in [0.717, 1.165) is 34.0 Å². The van der Waals surface area contributed by atoms with Crippen molar-refractivity contribution in [1.29, 1.82) is 0 Å². The van der Waals surface area contributed by atoms with E-state index in [0.29, 0.717) is 44.8 Å². The summed E-state index contributed by atoms with van der Waals surface area (Å²) in [4.78, 5) is 10.3. The first-order valence-electron chi connectivity index (χ1n) is 21.2. The molecule has 1 aliphatic rings. The lowest BCUT2D eigenvalue weighted by Crippen LogP contribution is -2.37. The molecule has 20 heteroatoms. The van der Waals surface area contributed by atoms with Crippen molar-refractivity contribution in [3.8, 4) is 22.8 Å². The van der Waals surface area contributed by atoms with Gasteiger partial charge in [-0.25, -0.2) is 26.0 Å². The smallest absolute Gasteiger partial charge is 0.447 e. The van der Waals surface area contributed by atoms with Crippen LogP contribution in [0.3, 0.4) is 0 Å². The fourth-order valence-electron chi connectivity index (χ4n) is 7.86.